The first-order chi connectivity index (χ1) is 13.7. The van der Waals surface area contributed by atoms with Crippen molar-refractivity contribution in [1.82, 2.24) is 5.16 Å². The SMILES string of the molecule is Cc1noc(C)c1COc1ccc(CC(=O)Nc2ccccc2C(C)(C)C)cc1. The maximum atomic E-state index is 12.5. The molecule has 0 bridgehead atoms. The third kappa shape index (κ3) is 5.25. The first-order valence-electron chi connectivity index (χ1n) is 9.77. The summed E-state index contributed by atoms with van der Waals surface area (Å²) in [6.07, 6.45) is 0.308. The number of amides is 1. The number of aromatic nitrogens is 1. The van der Waals surface area contributed by atoms with E-state index in [9.17, 15) is 4.79 Å². The van der Waals surface area contributed by atoms with Crippen LogP contribution >= 0.6 is 0 Å². The lowest BCUT2D eigenvalue weighted by molar-refractivity contribution is -0.115. The van der Waals surface area contributed by atoms with Gasteiger partial charge in [0.15, 0.2) is 0 Å². The van der Waals surface area contributed by atoms with Crippen molar-refractivity contribution in [3.05, 3.63) is 76.7 Å². The summed E-state index contributed by atoms with van der Waals surface area (Å²) < 4.78 is 11.0. The number of rotatable bonds is 6. The average molecular weight is 392 g/mol. The lowest BCUT2D eigenvalue weighted by atomic mass is 9.86. The Morgan fingerprint density at radius 2 is 1.76 bits per heavy atom. The minimum Gasteiger partial charge on any atom is -0.489 e. The number of para-hydroxylation sites is 1. The molecule has 5 nitrogen and oxygen atoms in total. The number of hydrogen-bond donors (Lipinski definition) is 1. The van der Waals surface area contributed by atoms with Crippen molar-refractivity contribution in [2.45, 2.75) is 53.1 Å². The summed E-state index contributed by atoms with van der Waals surface area (Å²) in [6.45, 7) is 10.6. The van der Waals surface area contributed by atoms with Gasteiger partial charge in [0.2, 0.25) is 5.91 Å². The van der Waals surface area contributed by atoms with Gasteiger partial charge in [-0.2, -0.15) is 0 Å². The summed E-state index contributed by atoms with van der Waals surface area (Å²) in [5.74, 6) is 1.48. The Hall–Kier alpha value is -3.08. The zero-order valence-electron chi connectivity index (χ0n) is 17.7. The van der Waals surface area contributed by atoms with Crippen LogP contribution in [0.4, 0.5) is 5.69 Å². The molecule has 3 rings (SSSR count). The van der Waals surface area contributed by atoms with E-state index < -0.39 is 0 Å². The molecule has 0 spiro atoms. The summed E-state index contributed by atoms with van der Waals surface area (Å²) in [7, 11) is 0. The first kappa shape index (κ1) is 20.6. The van der Waals surface area contributed by atoms with Gasteiger partial charge < -0.3 is 14.6 Å². The van der Waals surface area contributed by atoms with Gasteiger partial charge in [-0.3, -0.25) is 4.79 Å². The fraction of sp³-hybridized carbons (Fsp3) is 0.333. The molecule has 1 aromatic heterocycles. The van der Waals surface area contributed by atoms with Crippen molar-refractivity contribution >= 4 is 11.6 Å². The predicted molar refractivity (Wildman–Crippen MR) is 114 cm³/mol. The Morgan fingerprint density at radius 1 is 1.07 bits per heavy atom. The molecule has 1 heterocycles. The van der Waals surface area contributed by atoms with Crippen LogP contribution in [0.3, 0.4) is 0 Å². The van der Waals surface area contributed by atoms with Gasteiger partial charge in [-0.1, -0.05) is 56.3 Å². The smallest absolute Gasteiger partial charge is 0.228 e. The number of nitrogens with one attached hydrogen (secondary N) is 1. The number of benzene rings is 2. The fourth-order valence-corrected chi connectivity index (χ4v) is 3.19. The van der Waals surface area contributed by atoms with Crippen molar-refractivity contribution in [2.75, 3.05) is 5.32 Å². The van der Waals surface area contributed by atoms with E-state index in [0.29, 0.717) is 13.0 Å². The van der Waals surface area contributed by atoms with Crippen LogP contribution in [0.2, 0.25) is 0 Å². The van der Waals surface area contributed by atoms with Gasteiger partial charge in [0, 0.05) is 5.69 Å². The molecule has 0 radical (unpaired) electrons. The second kappa shape index (κ2) is 8.52. The molecule has 0 saturated carbocycles. The molecule has 0 aliphatic rings. The van der Waals surface area contributed by atoms with E-state index in [0.717, 1.165) is 39.6 Å². The van der Waals surface area contributed by atoms with Gasteiger partial charge in [-0.15, -0.1) is 0 Å². The quantitative estimate of drug-likeness (QED) is 0.614. The molecule has 0 saturated heterocycles. The number of carbonyl (C=O) groups is 1. The Morgan fingerprint density at radius 3 is 2.38 bits per heavy atom. The lowest BCUT2D eigenvalue weighted by Crippen LogP contribution is -2.19. The summed E-state index contributed by atoms with van der Waals surface area (Å²) in [5, 5.41) is 6.98. The van der Waals surface area contributed by atoms with Crippen molar-refractivity contribution in [2.24, 2.45) is 0 Å². The van der Waals surface area contributed by atoms with E-state index in [1.807, 2.05) is 56.3 Å². The molecule has 2 aromatic carbocycles. The average Bonchev–Trinajstić information content (AvgIpc) is 2.98. The Bertz CT molecular complexity index is 963. The second-order valence-electron chi connectivity index (χ2n) is 8.26. The summed E-state index contributed by atoms with van der Waals surface area (Å²) in [6, 6.07) is 15.5. The Labute approximate surface area is 172 Å². The zero-order valence-corrected chi connectivity index (χ0v) is 17.7. The largest absolute Gasteiger partial charge is 0.489 e. The summed E-state index contributed by atoms with van der Waals surface area (Å²) in [5.41, 5.74) is 4.68. The van der Waals surface area contributed by atoms with Crippen molar-refractivity contribution < 1.29 is 14.1 Å². The minimum absolute atomic E-state index is 0.0360. The normalized spacial score (nSPS) is 11.3. The molecule has 0 aliphatic carbocycles. The predicted octanol–water partition coefficient (Wildman–Crippen LogP) is 5.35. The maximum Gasteiger partial charge on any atom is 0.228 e. The molecule has 3 aromatic rings. The lowest BCUT2D eigenvalue weighted by Gasteiger charge is -2.23. The first-order valence-corrected chi connectivity index (χ1v) is 9.77. The fourth-order valence-electron chi connectivity index (χ4n) is 3.19. The highest BCUT2D eigenvalue weighted by Crippen LogP contribution is 2.29. The molecule has 29 heavy (non-hydrogen) atoms. The van der Waals surface area contributed by atoms with E-state index in [2.05, 4.69) is 37.3 Å². The van der Waals surface area contributed by atoms with Crippen molar-refractivity contribution in [3.63, 3.8) is 0 Å². The summed E-state index contributed by atoms with van der Waals surface area (Å²) >= 11 is 0. The third-order valence-corrected chi connectivity index (χ3v) is 4.86. The third-order valence-electron chi connectivity index (χ3n) is 4.86. The van der Waals surface area contributed by atoms with Gasteiger partial charge in [-0.25, -0.2) is 0 Å². The molecular weight excluding hydrogens is 364 g/mol. The van der Waals surface area contributed by atoms with Crippen LogP contribution in [0.25, 0.3) is 0 Å². The van der Waals surface area contributed by atoms with Crippen LogP contribution in [0.1, 0.15) is 48.9 Å². The molecule has 5 heteroatoms. The number of anilines is 1. The number of ether oxygens (including phenoxy) is 1. The van der Waals surface area contributed by atoms with E-state index >= 15 is 0 Å². The van der Waals surface area contributed by atoms with Crippen LogP contribution in [-0.2, 0) is 23.2 Å². The molecule has 0 atom stereocenters. The molecule has 1 amide bonds. The molecule has 152 valence electrons. The van der Waals surface area contributed by atoms with Gasteiger partial charge in [0.1, 0.15) is 18.1 Å². The van der Waals surface area contributed by atoms with Gasteiger partial charge in [0.25, 0.3) is 0 Å². The van der Waals surface area contributed by atoms with E-state index in [4.69, 9.17) is 9.26 Å². The summed E-state index contributed by atoms with van der Waals surface area (Å²) in [4.78, 5) is 12.5. The van der Waals surface area contributed by atoms with Crippen LogP contribution < -0.4 is 10.1 Å². The van der Waals surface area contributed by atoms with Crippen LogP contribution in [0.5, 0.6) is 5.75 Å². The standard InChI is InChI=1S/C24H28N2O3/c1-16-20(17(2)29-26-16)15-28-19-12-10-18(11-13-19)14-23(27)25-22-9-7-6-8-21(22)24(3,4)5/h6-13H,14-15H2,1-5H3,(H,25,27). The number of hydrogen-bond acceptors (Lipinski definition) is 4. The number of nitrogens with zero attached hydrogens (tertiary/aromatic N) is 1. The molecule has 0 fully saturated rings. The Balaban J connectivity index is 1.59. The van der Waals surface area contributed by atoms with Gasteiger partial charge >= 0.3 is 0 Å². The maximum absolute atomic E-state index is 12.5. The molecule has 0 aliphatic heterocycles. The second-order valence-corrected chi connectivity index (χ2v) is 8.26. The zero-order chi connectivity index (χ0) is 21.0. The Kier molecular flexibility index (Phi) is 6.06. The van der Waals surface area contributed by atoms with E-state index in [-0.39, 0.29) is 11.3 Å². The van der Waals surface area contributed by atoms with Crippen LogP contribution in [0, 0.1) is 13.8 Å². The van der Waals surface area contributed by atoms with Gasteiger partial charge in [0.05, 0.1) is 17.7 Å². The van der Waals surface area contributed by atoms with Gasteiger partial charge in [-0.05, 0) is 48.6 Å². The van der Waals surface area contributed by atoms with E-state index in [1.165, 1.54) is 0 Å². The molecule has 0 unspecified atom stereocenters. The topological polar surface area (TPSA) is 64.4 Å². The molecular formula is C24H28N2O3. The van der Waals surface area contributed by atoms with E-state index in [1.54, 1.807) is 0 Å². The number of carbonyl (C=O) groups excluding carboxylic acids is 1. The van der Waals surface area contributed by atoms with Crippen LogP contribution in [0.15, 0.2) is 53.1 Å². The van der Waals surface area contributed by atoms with Crippen LogP contribution in [-0.4, -0.2) is 11.1 Å². The number of aryl methyl sites for hydroxylation is 2. The highest BCUT2D eigenvalue weighted by Gasteiger charge is 2.18. The molecule has 1 N–H and O–H groups in total. The van der Waals surface area contributed by atoms with Crippen molar-refractivity contribution in [1.29, 1.82) is 0 Å². The highest BCUT2D eigenvalue weighted by atomic mass is 16.5. The monoisotopic (exact) mass is 392 g/mol. The highest BCUT2D eigenvalue weighted by molar-refractivity contribution is 5.93. The minimum atomic E-state index is -0.0376. The van der Waals surface area contributed by atoms with Crippen molar-refractivity contribution in [3.8, 4) is 5.75 Å².